The van der Waals surface area contributed by atoms with Gasteiger partial charge in [-0.1, -0.05) is 12.1 Å². The van der Waals surface area contributed by atoms with Crippen LogP contribution in [0.5, 0.6) is 5.75 Å². The molecule has 1 fully saturated rings. The number of aryl methyl sites for hydroxylation is 1. The van der Waals surface area contributed by atoms with E-state index in [4.69, 9.17) is 15.5 Å². The van der Waals surface area contributed by atoms with Crippen LogP contribution < -0.4 is 10.5 Å². The quantitative estimate of drug-likeness (QED) is 0.279. The molecule has 212 valence electrons. The standard InChI is InChI=1S/C31H34FN7O2/c1-36-26-13-21-7-9-38(18-23(33)16-32)31(40)24(21)15-25(26)35-30(36)27-14-22-3-2-4-28(29(22)39(27)17-20-5-6-20)41-12-11-37-10-8-34-19-37/h2-4,8,10,13-15,19-20,23H,5-7,9,11-12,16-18,33H2,1H3/t23-/m1/s1. The highest BCUT2D eigenvalue weighted by Gasteiger charge is 2.29. The van der Waals surface area contributed by atoms with Gasteiger partial charge in [0.15, 0.2) is 5.82 Å². The molecule has 1 amide bonds. The first-order valence-corrected chi connectivity index (χ1v) is 14.3. The van der Waals surface area contributed by atoms with Gasteiger partial charge in [-0.05, 0) is 55.0 Å². The van der Waals surface area contributed by atoms with E-state index in [2.05, 4.69) is 32.3 Å². The molecule has 5 aromatic rings. The smallest absolute Gasteiger partial charge is 0.254 e. The summed E-state index contributed by atoms with van der Waals surface area (Å²) in [7, 11) is 2.04. The number of fused-ring (bicyclic) bond motifs is 3. The van der Waals surface area contributed by atoms with Crippen LogP contribution in [-0.2, 0) is 26.6 Å². The van der Waals surface area contributed by atoms with Gasteiger partial charge < -0.3 is 29.1 Å². The largest absolute Gasteiger partial charge is 0.490 e. The number of amides is 1. The number of imidazole rings is 2. The van der Waals surface area contributed by atoms with E-state index in [0.29, 0.717) is 31.1 Å². The molecule has 1 aliphatic carbocycles. The summed E-state index contributed by atoms with van der Waals surface area (Å²) in [5, 5.41) is 1.11. The summed E-state index contributed by atoms with van der Waals surface area (Å²) in [6.45, 7) is 2.27. The average Bonchev–Trinajstić information content (AvgIpc) is 3.35. The van der Waals surface area contributed by atoms with Crippen LogP contribution in [0.4, 0.5) is 4.39 Å². The maximum Gasteiger partial charge on any atom is 0.254 e. The van der Waals surface area contributed by atoms with Crippen molar-refractivity contribution in [3.8, 4) is 17.3 Å². The summed E-state index contributed by atoms with van der Waals surface area (Å²) in [5.74, 6) is 2.25. The summed E-state index contributed by atoms with van der Waals surface area (Å²) in [4.78, 5) is 24.1. The van der Waals surface area contributed by atoms with Gasteiger partial charge in [0.25, 0.3) is 5.91 Å². The molecular weight excluding hydrogens is 521 g/mol. The summed E-state index contributed by atoms with van der Waals surface area (Å²) in [6.07, 6.45) is 8.66. The van der Waals surface area contributed by atoms with Crippen molar-refractivity contribution in [3.63, 3.8) is 0 Å². The molecular formula is C31H34FN7O2. The van der Waals surface area contributed by atoms with Crippen molar-refractivity contribution in [3.05, 3.63) is 66.2 Å². The van der Waals surface area contributed by atoms with E-state index in [-0.39, 0.29) is 12.5 Å². The molecule has 0 unspecified atom stereocenters. The molecule has 41 heavy (non-hydrogen) atoms. The zero-order valence-electron chi connectivity index (χ0n) is 23.2. The molecule has 9 nitrogen and oxygen atoms in total. The molecule has 0 radical (unpaired) electrons. The number of nitrogens with zero attached hydrogens (tertiary/aromatic N) is 6. The lowest BCUT2D eigenvalue weighted by Gasteiger charge is -2.30. The van der Waals surface area contributed by atoms with Crippen LogP contribution in [0, 0.1) is 5.92 Å². The van der Waals surface area contributed by atoms with Gasteiger partial charge in [-0.2, -0.15) is 0 Å². The van der Waals surface area contributed by atoms with Gasteiger partial charge in [-0.15, -0.1) is 0 Å². The third-order valence-electron chi connectivity index (χ3n) is 8.34. The number of nitrogens with two attached hydrogens (primary N) is 1. The zero-order chi connectivity index (χ0) is 28.1. The van der Waals surface area contributed by atoms with E-state index < -0.39 is 12.7 Å². The van der Waals surface area contributed by atoms with Gasteiger partial charge >= 0.3 is 0 Å². The fourth-order valence-corrected chi connectivity index (χ4v) is 5.97. The van der Waals surface area contributed by atoms with Crippen LogP contribution in [-0.4, -0.2) is 66.9 Å². The van der Waals surface area contributed by atoms with E-state index >= 15 is 0 Å². The molecule has 4 heterocycles. The Balaban J connectivity index is 1.27. The lowest BCUT2D eigenvalue weighted by molar-refractivity contribution is 0.0725. The van der Waals surface area contributed by atoms with E-state index in [1.807, 2.05) is 36.0 Å². The second-order valence-electron chi connectivity index (χ2n) is 11.3. The Morgan fingerprint density at radius 2 is 2.10 bits per heavy atom. The summed E-state index contributed by atoms with van der Waals surface area (Å²) in [5.41, 5.74) is 11.3. The number of benzene rings is 2. The van der Waals surface area contributed by atoms with Crippen LogP contribution >= 0.6 is 0 Å². The van der Waals surface area contributed by atoms with Gasteiger partial charge in [0.2, 0.25) is 0 Å². The summed E-state index contributed by atoms with van der Waals surface area (Å²) < 4.78 is 25.9. The van der Waals surface area contributed by atoms with Crippen molar-refractivity contribution in [2.75, 3.05) is 26.4 Å². The first-order valence-electron chi connectivity index (χ1n) is 14.3. The third kappa shape index (κ3) is 4.76. The van der Waals surface area contributed by atoms with E-state index in [9.17, 15) is 9.18 Å². The minimum atomic E-state index is -0.668. The van der Waals surface area contributed by atoms with Crippen molar-refractivity contribution in [1.82, 2.24) is 28.6 Å². The first kappa shape index (κ1) is 25.8. The number of rotatable bonds is 10. The Morgan fingerprint density at radius 1 is 1.22 bits per heavy atom. The molecule has 7 rings (SSSR count). The highest BCUT2D eigenvalue weighted by Crippen LogP contribution is 2.39. The van der Waals surface area contributed by atoms with Crippen molar-refractivity contribution in [2.24, 2.45) is 18.7 Å². The van der Waals surface area contributed by atoms with E-state index in [1.165, 1.54) is 12.8 Å². The fraction of sp³-hybridized carbons (Fsp3) is 0.387. The normalized spacial score (nSPS) is 16.1. The average molecular weight is 556 g/mol. The molecule has 10 heteroatoms. The zero-order valence-corrected chi connectivity index (χ0v) is 23.2. The number of ether oxygens (including phenoxy) is 1. The molecule has 1 aliphatic heterocycles. The Morgan fingerprint density at radius 3 is 2.88 bits per heavy atom. The molecule has 2 aliphatic rings. The molecule has 1 saturated carbocycles. The van der Waals surface area contributed by atoms with E-state index in [1.54, 1.807) is 17.4 Å². The molecule has 0 saturated heterocycles. The minimum Gasteiger partial charge on any atom is -0.490 e. The number of halogens is 1. The highest BCUT2D eigenvalue weighted by atomic mass is 19.1. The summed E-state index contributed by atoms with van der Waals surface area (Å²) >= 11 is 0. The number of hydrogen-bond acceptors (Lipinski definition) is 5. The SMILES string of the molecule is Cn1c(-c2cc3cccc(OCCn4ccnc4)c3n2CC2CC2)nc2cc3c(cc21)CCN(C[C@H](N)CF)C3=O. The van der Waals surface area contributed by atoms with Gasteiger partial charge in [-0.3, -0.25) is 4.79 Å². The van der Waals surface area contributed by atoms with Gasteiger partial charge in [0, 0.05) is 50.0 Å². The van der Waals surface area contributed by atoms with Gasteiger partial charge in [0.1, 0.15) is 19.0 Å². The molecule has 3 aromatic heterocycles. The van der Waals surface area contributed by atoms with Crippen molar-refractivity contribution >= 4 is 27.8 Å². The first-order chi connectivity index (χ1) is 20.0. The second-order valence-corrected chi connectivity index (χ2v) is 11.3. The number of para-hydroxylation sites is 1. The predicted molar refractivity (Wildman–Crippen MR) is 156 cm³/mol. The topological polar surface area (TPSA) is 96.1 Å². The van der Waals surface area contributed by atoms with Crippen molar-refractivity contribution in [2.45, 2.75) is 38.4 Å². The Bertz CT molecular complexity index is 1730. The number of carbonyl (C=O) groups is 1. The maximum absolute atomic E-state index is 13.3. The molecule has 2 aromatic carbocycles. The highest BCUT2D eigenvalue weighted by molar-refractivity contribution is 6.01. The Labute approximate surface area is 237 Å². The van der Waals surface area contributed by atoms with Crippen LogP contribution in [0.1, 0.15) is 28.8 Å². The van der Waals surface area contributed by atoms with Crippen molar-refractivity contribution in [1.29, 1.82) is 0 Å². The van der Waals surface area contributed by atoms with Crippen LogP contribution in [0.15, 0.2) is 55.1 Å². The predicted octanol–water partition coefficient (Wildman–Crippen LogP) is 4.18. The molecule has 1 atom stereocenters. The van der Waals surface area contributed by atoms with Crippen LogP contribution in [0.25, 0.3) is 33.5 Å². The second kappa shape index (κ2) is 10.3. The Hall–Kier alpha value is -4.18. The number of carbonyl (C=O) groups excluding carboxylic acids is 1. The van der Waals surface area contributed by atoms with Crippen molar-refractivity contribution < 1.29 is 13.9 Å². The Kier molecular flexibility index (Phi) is 6.50. The maximum atomic E-state index is 13.3. The number of hydrogen-bond donors (Lipinski definition) is 1. The molecule has 0 spiro atoms. The number of aromatic nitrogens is 5. The van der Waals surface area contributed by atoms with Gasteiger partial charge in [0.05, 0.1) is 41.2 Å². The van der Waals surface area contributed by atoms with Crippen LogP contribution in [0.2, 0.25) is 0 Å². The summed E-state index contributed by atoms with van der Waals surface area (Å²) in [6, 6.07) is 11.7. The lowest BCUT2D eigenvalue weighted by Crippen LogP contribution is -2.45. The van der Waals surface area contributed by atoms with Gasteiger partial charge in [-0.25, -0.2) is 14.4 Å². The fourth-order valence-electron chi connectivity index (χ4n) is 5.97. The third-order valence-corrected chi connectivity index (χ3v) is 8.34. The lowest BCUT2D eigenvalue weighted by atomic mass is 9.97. The monoisotopic (exact) mass is 555 g/mol. The molecule has 2 N–H and O–H groups in total. The van der Waals surface area contributed by atoms with Crippen LogP contribution in [0.3, 0.4) is 0 Å². The number of alkyl halides is 1. The molecule has 0 bridgehead atoms. The minimum absolute atomic E-state index is 0.107. The van der Waals surface area contributed by atoms with E-state index in [0.717, 1.165) is 57.9 Å².